The van der Waals surface area contributed by atoms with Crippen LogP contribution in [0.3, 0.4) is 0 Å². The average Bonchev–Trinajstić information content (AvgIpc) is 2.05. The number of rotatable bonds is 2. The van der Waals surface area contributed by atoms with Gasteiger partial charge in [0.05, 0.1) is 0 Å². The highest BCUT2D eigenvalue weighted by molar-refractivity contribution is 5.26. The van der Waals surface area contributed by atoms with E-state index >= 15 is 0 Å². The molecule has 2 N–H and O–H groups in total. The summed E-state index contributed by atoms with van der Waals surface area (Å²) in [5, 5.41) is 0. The van der Waals surface area contributed by atoms with Crippen LogP contribution in [0.15, 0.2) is 24.3 Å². The van der Waals surface area contributed by atoms with E-state index in [1.54, 1.807) is 12.1 Å². The van der Waals surface area contributed by atoms with E-state index in [4.69, 9.17) is 5.73 Å². The minimum atomic E-state index is -1.40. The standard InChI is InChI=1S/C10H14FN/c1-8-3-5-9(6-4-8)10(2,11)7-12/h3-6H,7,12H2,1-2H3. The van der Waals surface area contributed by atoms with Gasteiger partial charge in [0.1, 0.15) is 5.67 Å². The van der Waals surface area contributed by atoms with Crippen molar-refractivity contribution in [3.05, 3.63) is 35.4 Å². The quantitative estimate of drug-likeness (QED) is 0.717. The Labute approximate surface area is 72.4 Å². The molecule has 0 aliphatic carbocycles. The van der Waals surface area contributed by atoms with Crippen molar-refractivity contribution < 1.29 is 4.39 Å². The molecule has 1 atom stereocenters. The fourth-order valence-corrected chi connectivity index (χ4v) is 1.02. The van der Waals surface area contributed by atoms with Crippen molar-refractivity contribution in [3.8, 4) is 0 Å². The van der Waals surface area contributed by atoms with Crippen LogP contribution in [0.5, 0.6) is 0 Å². The van der Waals surface area contributed by atoms with Crippen molar-refractivity contribution in [1.82, 2.24) is 0 Å². The summed E-state index contributed by atoms with van der Waals surface area (Å²) in [4.78, 5) is 0. The Morgan fingerprint density at radius 3 is 2.25 bits per heavy atom. The van der Waals surface area contributed by atoms with Crippen LogP contribution >= 0.6 is 0 Å². The Hall–Kier alpha value is -0.890. The molecule has 0 aliphatic rings. The zero-order valence-corrected chi connectivity index (χ0v) is 7.47. The van der Waals surface area contributed by atoms with E-state index in [0.717, 1.165) is 5.56 Å². The van der Waals surface area contributed by atoms with Crippen LogP contribution in [0.4, 0.5) is 4.39 Å². The maximum Gasteiger partial charge on any atom is 0.145 e. The number of nitrogens with two attached hydrogens (primary N) is 1. The second-order valence-corrected chi connectivity index (χ2v) is 3.27. The van der Waals surface area contributed by atoms with Crippen LogP contribution in [0, 0.1) is 6.92 Å². The van der Waals surface area contributed by atoms with Crippen LogP contribution in [0.1, 0.15) is 18.1 Å². The monoisotopic (exact) mass is 167 g/mol. The lowest BCUT2D eigenvalue weighted by Gasteiger charge is -2.18. The highest BCUT2D eigenvalue weighted by atomic mass is 19.1. The van der Waals surface area contributed by atoms with E-state index in [2.05, 4.69) is 0 Å². The summed E-state index contributed by atoms with van der Waals surface area (Å²) in [5.41, 5.74) is 5.69. The summed E-state index contributed by atoms with van der Waals surface area (Å²) in [6.07, 6.45) is 0. The molecule has 1 aromatic carbocycles. The first-order chi connectivity index (χ1) is 5.56. The molecule has 1 rings (SSSR count). The Bertz CT molecular complexity index is 251. The third-order valence-electron chi connectivity index (χ3n) is 2.04. The molecule has 0 amide bonds. The van der Waals surface area contributed by atoms with Crippen molar-refractivity contribution in [3.63, 3.8) is 0 Å². The van der Waals surface area contributed by atoms with E-state index in [1.807, 2.05) is 19.1 Å². The molecule has 66 valence electrons. The lowest BCUT2D eigenvalue weighted by Crippen LogP contribution is -2.26. The molecule has 12 heavy (non-hydrogen) atoms. The Morgan fingerprint density at radius 2 is 1.83 bits per heavy atom. The summed E-state index contributed by atoms with van der Waals surface area (Å²) < 4.78 is 13.6. The lowest BCUT2D eigenvalue weighted by atomic mass is 9.97. The zero-order chi connectivity index (χ0) is 9.19. The van der Waals surface area contributed by atoms with Gasteiger partial charge in [0, 0.05) is 6.54 Å². The number of hydrogen-bond donors (Lipinski definition) is 1. The molecule has 0 saturated carbocycles. The molecule has 0 radical (unpaired) electrons. The smallest absolute Gasteiger partial charge is 0.145 e. The number of aryl methyl sites for hydroxylation is 1. The van der Waals surface area contributed by atoms with Gasteiger partial charge in [-0.2, -0.15) is 0 Å². The molecule has 0 heterocycles. The molecule has 0 aliphatic heterocycles. The molecule has 0 spiro atoms. The number of hydrogen-bond acceptors (Lipinski definition) is 1. The summed E-state index contributed by atoms with van der Waals surface area (Å²) in [6, 6.07) is 7.34. The van der Waals surface area contributed by atoms with Crippen LogP contribution < -0.4 is 5.73 Å². The number of alkyl halides is 1. The molecule has 0 fully saturated rings. The maximum absolute atomic E-state index is 13.6. The summed E-state index contributed by atoms with van der Waals surface area (Å²) in [6.45, 7) is 3.50. The van der Waals surface area contributed by atoms with Crippen LogP contribution in [0.2, 0.25) is 0 Å². The second kappa shape index (κ2) is 3.23. The fourth-order valence-electron chi connectivity index (χ4n) is 1.02. The largest absolute Gasteiger partial charge is 0.327 e. The van der Waals surface area contributed by atoms with Gasteiger partial charge in [0.2, 0.25) is 0 Å². The minimum absolute atomic E-state index is 0.0239. The van der Waals surface area contributed by atoms with Gasteiger partial charge >= 0.3 is 0 Å². The fraction of sp³-hybridized carbons (Fsp3) is 0.400. The number of benzene rings is 1. The third kappa shape index (κ3) is 1.83. The van der Waals surface area contributed by atoms with E-state index in [1.165, 1.54) is 6.92 Å². The molecular formula is C10H14FN. The number of halogens is 1. The first-order valence-corrected chi connectivity index (χ1v) is 4.02. The SMILES string of the molecule is Cc1ccc(C(C)(F)CN)cc1. The Kier molecular flexibility index (Phi) is 2.48. The van der Waals surface area contributed by atoms with E-state index in [-0.39, 0.29) is 6.54 Å². The van der Waals surface area contributed by atoms with Gasteiger partial charge < -0.3 is 5.73 Å². The van der Waals surface area contributed by atoms with Crippen molar-refractivity contribution in [1.29, 1.82) is 0 Å². The van der Waals surface area contributed by atoms with Crippen molar-refractivity contribution in [2.75, 3.05) is 6.54 Å². The molecule has 1 nitrogen and oxygen atoms in total. The topological polar surface area (TPSA) is 26.0 Å². The van der Waals surface area contributed by atoms with E-state index in [9.17, 15) is 4.39 Å². The van der Waals surface area contributed by atoms with Crippen LogP contribution in [-0.4, -0.2) is 6.54 Å². The van der Waals surface area contributed by atoms with Crippen molar-refractivity contribution in [2.45, 2.75) is 19.5 Å². The predicted octanol–water partition coefficient (Wildman–Crippen LogP) is 2.14. The predicted molar refractivity (Wildman–Crippen MR) is 48.7 cm³/mol. The van der Waals surface area contributed by atoms with E-state index < -0.39 is 5.67 Å². The van der Waals surface area contributed by atoms with E-state index in [0.29, 0.717) is 5.56 Å². The molecule has 1 unspecified atom stereocenters. The second-order valence-electron chi connectivity index (χ2n) is 3.27. The van der Waals surface area contributed by atoms with Gasteiger partial charge in [0.25, 0.3) is 0 Å². The van der Waals surface area contributed by atoms with Gasteiger partial charge in [0.15, 0.2) is 0 Å². The van der Waals surface area contributed by atoms with Crippen LogP contribution in [0.25, 0.3) is 0 Å². The average molecular weight is 167 g/mol. The molecule has 0 aromatic heterocycles. The minimum Gasteiger partial charge on any atom is -0.327 e. The molecule has 0 saturated heterocycles. The first-order valence-electron chi connectivity index (χ1n) is 4.02. The molecular weight excluding hydrogens is 153 g/mol. The summed E-state index contributed by atoms with van der Waals surface area (Å²) in [5.74, 6) is 0. The highest BCUT2D eigenvalue weighted by Crippen LogP contribution is 2.23. The Morgan fingerprint density at radius 1 is 1.33 bits per heavy atom. The van der Waals surface area contributed by atoms with Crippen molar-refractivity contribution >= 4 is 0 Å². The molecule has 0 bridgehead atoms. The van der Waals surface area contributed by atoms with Gasteiger partial charge in [-0.05, 0) is 19.4 Å². The Balaban J connectivity index is 2.96. The van der Waals surface area contributed by atoms with Crippen LogP contribution in [-0.2, 0) is 5.67 Å². The van der Waals surface area contributed by atoms with Gasteiger partial charge in [-0.3, -0.25) is 0 Å². The highest BCUT2D eigenvalue weighted by Gasteiger charge is 2.22. The summed E-state index contributed by atoms with van der Waals surface area (Å²) >= 11 is 0. The zero-order valence-electron chi connectivity index (χ0n) is 7.47. The van der Waals surface area contributed by atoms with Gasteiger partial charge in [-0.1, -0.05) is 29.8 Å². The first kappa shape index (κ1) is 9.20. The summed E-state index contributed by atoms with van der Waals surface area (Å²) in [7, 11) is 0. The maximum atomic E-state index is 13.6. The van der Waals surface area contributed by atoms with Gasteiger partial charge in [-0.15, -0.1) is 0 Å². The van der Waals surface area contributed by atoms with Gasteiger partial charge in [-0.25, -0.2) is 4.39 Å². The molecule has 1 aromatic rings. The molecule has 2 heteroatoms. The third-order valence-corrected chi connectivity index (χ3v) is 2.04. The lowest BCUT2D eigenvalue weighted by molar-refractivity contribution is 0.203. The normalized spacial score (nSPS) is 15.7. The van der Waals surface area contributed by atoms with Crippen molar-refractivity contribution in [2.24, 2.45) is 5.73 Å².